The van der Waals surface area contributed by atoms with E-state index in [4.69, 9.17) is 0 Å². The lowest BCUT2D eigenvalue weighted by Crippen LogP contribution is -2.36. The summed E-state index contributed by atoms with van der Waals surface area (Å²) in [6.45, 7) is 2.17. The molecule has 2 heterocycles. The maximum Gasteiger partial charge on any atom is 0.321 e. The van der Waals surface area contributed by atoms with Crippen LogP contribution in [0.4, 0.5) is 10.5 Å². The lowest BCUT2D eigenvalue weighted by atomic mass is 9.69. The molecule has 1 aromatic carbocycles. The molecular formula is C20H27N3O2. The van der Waals surface area contributed by atoms with Gasteiger partial charge in [0.25, 0.3) is 5.91 Å². The second-order valence-corrected chi connectivity index (χ2v) is 7.85. The molecule has 0 aromatic heterocycles. The van der Waals surface area contributed by atoms with Crippen molar-refractivity contribution in [3.05, 3.63) is 29.3 Å². The molecule has 3 amide bonds. The number of fused-ring (bicyclic) bond motifs is 1. The van der Waals surface area contributed by atoms with Crippen LogP contribution < -0.4 is 10.6 Å². The van der Waals surface area contributed by atoms with Crippen LogP contribution in [0.1, 0.15) is 67.3 Å². The average molecular weight is 341 g/mol. The molecular weight excluding hydrogens is 314 g/mol. The van der Waals surface area contributed by atoms with Gasteiger partial charge in [-0.1, -0.05) is 25.3 Å². The van der Waals surface area contributed by atoms with Gasteiger partial charge in [0.1, 0.15) is 0 Å². The minimum Gasteiger partial charge on any atom is -0.348 e. The molecule has 0 unspecified atom stereocenters. The van der Waals surface area contributed by atoms with Crippen LogP contribution >= 0.6 is 0 Å². The number of likely N-dealkylation sites (tertiary alicyclic amines) is 1. The molecule has 0 radical (unpaired) electrons. The Balaban J connectivity index is 1.43. The first-order valence-electron chi connectivity index (χ1n) is 9.63. The molecule has 4 rings (SSSR count). The summed E-state index contributed by atoms with van der Waals surface area (Å²) in [4.78, 5) is 26.5. The molecule has 2 aliphatic heterocycles. The van der Waals surface area contributed by atoms with Gasteiger partial charge in [0, 0.05) is 36.4 Å². The number of amides is 3. The Hall–Kier alpha value is -2.04. The number of urea groups is 1. The fourth-order valence-electron chi connectivity index (χ4n) is 4.82. The molecule has 0 bridgehead atoms. The molecule has 1 saturated heterocycles. The Morgan fingerprint density at radius 1 is 1.04 bits per heavy atom. The van der Waals surface area contributed by atoms with Crippen molar-refractivity contribution in [2.75, 3.05) is 18.4 Å². The maximum absolute atomic E-state index is 12.8. The van der Waals surface area contributed by atoms with Gasteiger partial charge in [0.05, 0.1) is 0 Å². The van der Waals surface area contributed by atoms with E-state index in [1.165, 1.54) is 38.5 Å². The molecule has 2 fully saturated rings. The molecule has 3 aliphatic rings. The van der Waals surface area contributed by atoms with E-state index in [1.807, 2.05) is 23.1 Å². The lowest BCUT2D eigenvalue weighted by Gasteiger charge is -2.36. The molecule has 5 nitrogen and oxygen atoms in total. The van der Waals surface area contributed by atoms with Crippen LogP contribution in [0.3, 0.4) is 0 Å². The van der Waals surface area contributed by atoms with E-state index in [9.17, 15) is 9.59 Å². The lowest BCUT2D eigenvalue weighted by molar-refractivity contribution is 0.0965. The highest BCUT2D eigenvalue weighted by molar-refractivity contribution is 6.01. The summed E-state index contributed by atoms with van der Waals surface area (Å²) in [5.74, 6) is -0.0555. The quantitative estimate of drug-likeness (QED) is 0.814. The second kappa shape index (κ2) is 6.70. The number of carbonyl (C=O) groups is 2. The molecule has 25 heavy (non-hydrogen) atoms. The van der Waals surface area contributed by atoms with Crippen LogP contribution in [-0.2, 0) is 6.54 Å². The largest absolute Gasteiger partial charge is 0.348 e. The standard InChI is InChI=1S/C20H27N3O2/c24-18-15-6-4-7-17(16(15)14-21-18)22-19(25)23-12-5-10-20(11-13-23)8-2-1-3-9-20/h4,6-7H,1-3,5,8-14H2,(H,21,24)(H,22,25). The van der Waals surface area contributed by atoms with Gasteiger partial charge in [-0.15, -0.1) is 0 Å². The SMILES string of the molecule is O=C1NCc2c(NC(=O)N3CCCC4(CCCCC4)CC3)cccc21. The summed E-state index contributed by atoms with van der Waals surface area (Å²) in [5.41, 5.74) is 2.82. The summed E-state index contributed by atoms with van der Waals surface area (Å²) < 4.78 is 0. The van der Waals surface area contributed by atoms with Gasteiger partial charge in [0.2, 0.25) is 0 Å². The Morgan fingerprint density at radius 2 is 1.84 bits per heavy atom. The third kappa shape index (κ3) is 3.24. The second-order valence-electron chi connectivity index (χ2n) is 7.85. The summed E-state index contributed by atoms with van der Waals surface area (Å²) in [6.07, 6.45) is 10.2. The van der Waals surface area contributed by atoms with Crippen LogP contribution in [0, 0.1) is 5.41 Å². The highest BCUT2D eigenvalue weighted by Crippen LogP contribution is 2.44. The van der Waals surface area contributed by atoms with E-state index < -0.39 is 0 Å². The van der Waals surface area contributed by atoms with E-state index in [0.717, 1.165) is 37.2 Å². The van der Waals surface area contributed by atoms with Crippen LogP contribution in [0.15, 0.2) is 18.2 Å². The Kier molecular flexibility index (Phi) is 4.40. The van der Waals surface area contributed by atoms with Gasteiger partial charge in [-0.3, -0.25) is 4.79 Å². The van der Waals surface area contributed by atoms with E-state index in [2.05, 4.69) is 10.6 Å². The molecule has 1 spiro atoms. The van der Waals surface area contributed by atoms with Gasteiger partial charge in [-0.25, -0.2) is 4.79 Å². The van der Waals surface area contributed by atoms with Crippen molar-refractivity contribution in [2.45, 2.75) is 57.9 Å². The zero-order chi connectivity index (χ0) is 17.3. The zero-order valence-corrected chi connectivity index (χ0v) is 14.8. The first-order valence-corrected chi connectivity index (χ1v) is 9.63. The number of hydrogen-bond donors (Lipinski definition) is 2. The number of hydrogen-bond acceptors (Lipinski definition) is 2. The highest BCUT2D eigenvalue weighted by atomic mass is 16.2. The monoisotopic (exact) mass is 341 g/mol. The predicted octanol–water partition coefficient (Wildman–Crippen LogP) is 3.90. The van der Waals surface area contributed by atoms with Crippen LogP contribution in [-0.4, -0.2) is 29.9 Å². The van der Waals surface area contributed by atoms with E-state index in [0.29, 0.717) is 17.5 Å². The van der Waals surface area contributed by atoms with Crippen molar-refractivity contribution in [2.24, 2.45) is 5.41 Å². The molecule has 134 valence electrons. The van der Waals surface area contributed by atoms with Gasteiger partial charge >= 0.3 is 6.03 Å². The topological polar surface area (TPSA) is 61.4 Å². The molecule has 5 heteroatoms. The van der Waals surface area contributed by atoms with Gasteiger partial charge in [-0.2, -0.15) is 0 Å². The number of anilines is 1. The number of nitrogens with zero attached hydrogens (tertiary/aromatic N) is 1. The van der Waals surface area contributed by atoms with Crippen molar-refractivity contribution < 1.29 is 9.59 Å². The summed E-state index contributed by atoms with van der Waals surface area (Å²) in [6, 6.07) is 5.50. The van der Waals surface area contributed by atoms with Gasteiger partial charge in [-0.05, 0) is 49.7 Å². The molecule has 1 aliphatic carbocycles. The Labute approximate surface area is 149 Å². The molecule has 1 aromatic rings. The highest BCUT2D eigenvalue weighted by Gasteiger charge is 2.34. The average Bonchev–Trinajstić information content (AvgIpc) is 2.89. The van der Waals surface area contributed by atoms with E-state index >= 15 is 0 Å². The smallest absolute Gasteiger partial charge is 0.321 e. The van der Waals surface area contributed by atoms with E-state index in [1.54, 1.807) is 0 Å². The number of carbonyl (C=O) groups excluding carboxylic acids is 2. The molecule has 0 atom stereocenters. The summed E-state index contributed by atoms with van der Waals surface area (Å²) in [5, 5.41) is 5.87. The first kappa shape index (κ1) is 16.4. The third-order valence-electron chi connectivity index (χ3n) is 6.34. The van der Waals surface area contributed by atoms with Crippen molar-refractivity contribution in [3.8, 4) is 0 Å². The summed E-state index contributed by atoms with van der Waals surface area (Å²) >= 11 is 0. The summed E-state index contributed by atoms with van der Waals surface area (Å²) in [7, 11) is 0. The van der Waals surface area contributed by atoms with Gasteiger partial charge < -0.3 is 15.5 Å². The van der Waals surface area contributed by atoms with Crippen molar-refractivity contribution >= 4 is 17.6 Å². The Bertz CT molecular complexity index is 680. The normalized spacial score (nSPS) is 22.2. The fourth-order valence-corrected chi connectivity index (χ4v) is 4.82. The number of rotatable bonds is 1. The van der Waals surface area contributed by atoms with Crippen LogP contribution in [0.2, 0.25) is 0 Å². The first-order chi connectivity index (χ1) is 12.2. The minimum atomic E-state index is -0.0555. The Morgan fingerprint density at radius 3 is 2.68 bits per heavy atom. The van der Waals surface area contributed by atoms with Crippen LogP contribution in [0.25, 0.3) is 0 Å². The number of nitrogens with one attached hydrogen (secondary N) is 2. The molecule has 2 N–H and O–H groups in total. The maximum atomic E-state index is 12.8. The molecule has 1 saturated carbocycles. The fraction of sp³-hybridized carbons (Fsp3) is 0.600. The van der Waals surface area contributed by atoms with Crippen LogP contribution in [0.5, 0.6) is 0 Å². The third-order valence-corrected chi connectivity index (χ3v) is 6.34. The van der Waals surface area contributed by atoms with Gasteiger partial charge in [0.15, 0.2) is 0 Å². The van der Waals surface area contributed by atoms with Crippen molar-refractivity contribution in [1.82, 2.24) is 10.2 Å². The number of benzene rings is 1. The van der Waals surface area contributed by atoms with E-state index in [-0.39, 0.29) is 11.9 Å². The predicted molar refractivity (Wildman–Crippen MR) is 97.6 cm³/mol. The van der Waals surface area contributed by atoms with Crippen molar-refractivity contribution in [1.29, 1.82) is 0 Å². The zero-order valence-electron chi connectivity index (χ0n) is 14.8. The minimum absolute atomic E-state index is 0.0272. The van der Waals surface area contributed by atoms with Crippen molar-refractivity contribution in [3.63, 3.8) is 0 Å².